The molecule has 0 aliphatic rings. The molecule has 156 valence electrons. The molecule has 0 aliphatic carbocycles. The summed E-state index contributed by atoms with van der Waals surface area (Å²) in [6.45, 7) is 5.76. The summed E-state index contributed by atoms with van der Waals surface area (Å²) in [5, 5.41) is 0. The van der Waals surface area contributed by atoms with Gasteiger partial charge in [-0.25, -0.2) is 4.39 Å². The molecule has 3 aromatic rings. The van der Waals surface area contributed by atoms with Gasteiger partial charge < -0.3 is 4.74 Å². The highest BCUT2D eigenvalue weighted by Crippen LogP contribution is 2.25. The Morgan fingerprint density at radius 3 is 2.17 bits per heavy atom. The molecule has 1 heterocycles. The Kier molecular flexibility index (Phi) is 8.20. The molecule has 0 saturated heterocycles. The molecule has 3 rings (SSSR count). The Morgan fingerprint density at radius 1 is 0.900 bits per heavy atom. The first-order valence-electron chi connectivity index (χ1n) is 10.7. The van der Waals surface area contributed by atoms with Crippen LogP contribution < -0.4 is 4.74 Å². The summed E-state index contributed by atoms with van der Waals surface area (Å²) in [5.74, 6) is 0.743. The first-order valence-corrected chi connectivity index (χ1v) is 10.7. The van der Waals surface area contributed by atoms with Crippen molar-refractivity contribution in [2.75, 3.05) is 6.61 Å². The number of aromatic nitrogens is 1. The van der Waals surface area contributed by atoms with E-state index < -0.39 is 6.17 Å². The van der Waals surface area contributed by atoms with Gasteiger partial charge >= 0.3 is 0 Å². The molecular formula is C27H30FNO. The SMILES string of the molecule is C=CCOc1ccc(-c2ccc(-c3ccc(CCCCCC(C)F)cc3)cc2)nc1. The molecule has 1 unspecified atom stereocenters. The lowest BCUT2D eigenvalue weighted by Gasteiger charge is -2.07. The van der Waals surface area contributed by atoms with Gasteiger partial charge in [-0.15, -0.1) is 0 Å². The minimum Gasteiger partial charge on any atom is -0.488 e. The maximum absolute atomic E-state index is 12.8. The van der Waals surface area contributed by atoms with Crippen molar-refractivity contribution in [3.05, 3.63) is 85.1 Å². The zero-order valence-corrected chi connectivity index (χ0v) is 17.7. The lowest BCUT2D eigenvalue weighted by Crippen LogP contribution is -1.93. The number of nitrogens with zero attached hydrogens (tertiary/aromatic N) is 1. The van der Waals surface area contributed by atoms with Gasteiger partial charge in [0.1, 0.15) is 12.4 Å². The quantitative estimate of drug-likeness (QED) is 0.245. The molecule has 1 aromatic heterocycles. The molecule has 0 amide bonds. The first kappa shape index (κ1) is 21.8. The van der Waals surface area contributed by atoms with Crippen molar-refractivity contribution >= 4 is 0 Å². The van der Waals surface area contributed by atoms with E-state index in [1.807, 2.05) is 12.1 Å². The maximum Gasteiger partial charge on any atom is 0.138 e. The van der Waals surface area contributed by atoms with E-state index in [-0.39, 0.29) is 0 Å². The standard InChI is InChI=1S/C27H30FNO/c1-3-19-30-26-17-18-27(29-20-26)25-15-13-24(14-16-25)23-11-9-22(10-12-23)8-6-4-5-7-21(2)28/h3,9-18,20-21H,1,4-8,19H2,2H3. The number of unbranched alkanes of at least 4 members (excludes halogenated alkanes) is 2. The zero-order valence-electron chi connectivity index (χ0n) is 17.7. The molecule has 30 heavy (non-hydrogen) atoms. The lowest BCUT2D eigenvalue weighted by atomic mass is 9.99. The Morgan fingerprint density at radius 2 is 1.57 bits per heavy atom. The number of ether oxygens (including phenoxy) is 1. The summed E-state index contributed by atoms with van der Waals surface area (Å²) < 4.78 is 18.3. The van der Waals surface area contributed by atoms with Gasteiger partial charge in [0, 0.05) is 5.56 Å². The third kappa shape index (κ3) is 6.55. The van der Waals surface area contributed by atoms with Crippen LogP contribution in [0, 0.1) is 0 Å². The molecule has 2 aromatic carbocycles. The summed E-state index contributed by atoms with van der Waals surface area (Å²) in [7, 11) is 0. The number of hydrogen-bond acceptors (Lipinski definition) is 2. The highest BCUT2D eigenvalue weighted by molar-refractivity contribution is 5.69. The third-order valence-corrected chi connectivity index (χ3v) is 5.14. The second-order valence-corrected chi connectivity index (χ2v) is 7.63. The van der Waals surface area contributed by atoms with Crippen LogP contribution in [0.1, 0.15) is 38.2 Å². The number of alkyl halides is 1. The highest BCUT2D eigenvalue weighted by Gasteiger charge is 2.03. The molecule has 2 nitrogen and oxygen atoms in total. The van der Waals surface area contributed by atoms with Crippen LogP contribution in [-0.4, -0.2) is 17.8 Å². The van der Waals surface area contributed by atoms with Crippen molar-refractivity contribution in [2.24, 2.45) is 0 Å². The van der Waals surface area contributed by atoms with Crippen molar-refractivity contribution in [2.45, 2.75) is 45.2 Å². The normalized spacial score (nSPS) is 11.8. The molecule has 0 saturated carbocycles. The van der Waals surface area contributed by atoms with Crippen LogP contribution in [0.15, 0.2) is 79.5 Å². The number of rotatable bonds is 11. The molecule has 3 heteroatoms. The van der Waals surface area contributed by atoms with E-state index in [2.05, 4.69) is 60.1 Å². The summed E-state index contributed by atoms with van der Waals surface area (Å²) in [6.07, 6.45) is 7.69. The van der Waals surface area contributed by atoms with Gasteiger partial charge in [0.15, 0.2) is 0 Å². The summed E-state index contributed by atoms with van der Waals surface area (Å²) in [5.41, 5.74) is 5.73. The van der Waals surface area contributed by atoms with Crippen LogP contribution in [0.5, 0.6) is 5.75 Å². The van der Waals surface area contributed by atoms with Crippen LogP contribution in [0.2, 0.25) is 0 Å². The number of hydrogen-bond donors (Lipinski definition) is 0. The Balaban J connectivity index is 1.56. The van der Waals surface area contributed by atoms with E-state index in [0.717, 1.165) is 42.7 Å². The molecule has 0 N–H and O–H groups in total. The minimum absolute atomic E-state index is 0.479. The van der Waals surface area contributed by atoms with Crippen LogP contribution in [-0.2, 0) is 6.42 Å². The Hall–Kier alpha value is -2.94. The molecule has 0 spiro atoms. The first-order chi connectivity index (χ1) is 14.7. The predicted octanol–water partition coefficient (Wildman–Crippen LogP) is 7.44. The Bertz CT molecular complexity index is 899. The largest absolute Gasteiger partial charge is 0.488 e. The fourth-order valence-electron chi connectivity index (χ4n) is 3.42. The molecule has 0 aliphatic heterocycles. The summed E-state index contributed by atoms with van der Waals surface area (Å²) in [6, 6.07) is 21.1. The second-order valence-electron chi connectivity index (χ2n) is 7.63. The topological polar surface area (TPSA) is 22.1 Å². The third-order valence-electron chi connectivity index (χ3n) is 5.14. The van der Waals surface area contributed by atoms with Gasteiger partial charge in [0.25, 0.3) is 0 Å². The van der Waals surface area contributed by atoms with Crippen LogP contribution in [0.3, 0.4) is 0 Å². The second kappa shape index (κ2) is 11.3. The molecular weight excluding hydrogens is 373 g/mol. The summed E-state index contributed by atoms with van der Waals surface area (Å²) >= 11 is 0. The van der Waals surface area contributed by atoms with Crippen molar-refractivity contribution in [1.82, 2.24) is 4.98 Å². The van der Waals surface area contributed by atoms with Gasteiger partial charge in [-0.05, 0) is 55.0 Å². The number of pyridine rings is 1. The molecule has 0 radical (unpaired) electrons. The average Bonchev–Trinajstić information content (AvgIpc) is 2.78. The van der Waals surface area contributed by atoms with Crippen molar-refractivity contribution in [3.8, 4) is 28.1 Å². The van der Waals surface area contributed by atoms with Crippen LogP contribution in [0.4, 0.5) is 4.39 Å². The van der Waals surface area contributed by atoms with Crippen LogP contribution >= 0.6 is 0 Å². The summed E-state index contributed by atoms with van der Waals surface area (Å²) in [4.78, 5) is 4.49. The fraction of sp³-hybridized carbons (Fsp3) is 0.296. The molecule has 1 atom stereocenters. The van der Waals surface area contributed by atoms with E-state index in [0.29, 0.717) is 13.0 Å². The van der Waals surface area contributed by atoms with Gasteiger partial charge in [-0.3, -0.25) is 4.98 Å². The fourth-order valence-corrected chi connectivity index (χ4v) is 3.42. The van der Waals surface area contributed by atoms with Gasteiger partial charge in [0.05, 0.1) is 18.1 Å². The maximum atomic E-state index is 12.8. The lowest BCUT2D eigenvalue weighted by molar-refractivity contribution is 0.330. The van der Waals surface area contributed by atoms with Gasteiger partial charge in [0.2, 0.25) is 0 Å². The average molecular weight is 404 g/mol. The van der Waals surface area contributed by atoms with Crippen molar-refractivity contribution in [1.29, 1.82) is 0 Å². The Labute approximate surface area is 179 Å². The number of benzene rings is 2. The highest BCUT2D eigenvalue weighted by atomic mass is 19.1. The van der Waals surface area contributed by atoms with Crippen molar-refractivity contribution in [3.63, 3.8) is 0 Å². The van der Waals surface area contributed by atoms with E-state index in [4.69, 9.17) is 4.74 Å². The van der Waals surface area contributed by atoms with E-state index in [9.17, 15) is 4.39 Å². The van der Waals surface area contributed by atoms with Crippen molar-refractivity contribution < 1.29 is 9.13 Å². The number of halogens is 1. The minimum atomic E-state index is -0.679. The predicted molar refractivity (Wildman–Crippen MR) is 124 cm³/mol. The molecule has 0 bridgehead atoms. The van der Waals surface area contributed by atoms with E-state index >= 15 is 0 Å². The number of aryl methyl sites for hydroxylation is 1. The van der Waals surface area contributed by atoms with Gasteiger partial charge in [-0.2, -0.15) is 0 Å². The van der Waals surface area contributed by atoms with E-state index in [1.165, 1.54) is 16.7 Å². The monoisotopic (exact) mass is 403 g/mol. The van der Waals surface area contributed by atoms with E-state index in [1.54, 1.807) is 19.2 Å². The zero-order chi connectivity index (χ0) is 21.2. The van der Waals surface area contributed by atoms with Crippen LogP contribution in [0.25, 0.3) is 22.4 Å². The van der Waals surface area contributed by atoms with Gasteiger partial charge in [-0.1, -0.05) is 74.0 Å². The molecule has 0 fully saturated rings. The smallest absolute Gasteiger partial charge is 0.138 e.